The molecule has 2 heterocycles. The Bertz CT molecular complexity index is 475. The summed E-state index contributed by atoms with van der Waals surface area (Å²) in [6.07, 6.45) is 4.23. The molecule has 0 radical (unpaired) electrons. The van der Waals surface area contributed by atoms with Crippen molar-refractivity contribution >= 4 is 33.4 Å². The first-order valence-electron chi connectivity index (χ1n) is 6.32. The molecule has 1 fully saturated rings. The Hall–Kier alpha value is -0.530. The van der Waals surface area contributed by atoms with Crippen LogP contribution in [-0.4, -0.2) is 41.0 Å². The predicted octanol–water partition coefficient (Wildman–Crippen LogP) is 1.96. The minimum atomic E-state index is -0.124. The summed E-state index contributed by atoms with van der Waals surface area (Å²) in [5.41, 5.74) is 0.646. The molecular weight excluding hydrogens is 330 g/mol. The maximum Gasteiger partial charge on any atom is 0.283 e. The highest BCUT2D eigenvalue weighted by molar-refractivity contribution is 9.10. The van der Waals surface area contributed by atoms with E-state index in [-0.39, 0.29) is 5.56 Å². The van der Waals surface area contributed by atoms with Gasteiger partial charge in [0, 0.05) is 18.9 Å². The van der Waals surface area contributed by atoms with E-state index in [2.05, 4.69) is 26.3 Å². The molecule has 0 saturated carbocycles. The van der Waals surface area contributed by atoms with Gasteiger partial charge in [-0.25, -0.2) is 4.68 Å². The smallest absolute Gasteiger partial charge is 0.283 e. The van der Waals surface area contributed by atoms with Gasteiger partial charge in [-0.3, -0.25) is 4.79 Å². The summed E-state index contributed by atoms with van der Waals surface area (Å²) >= 11 is 5.34. The van der Waals surface area contributed by atoms with Crippen LogP contribution in [0.15, 0.2) is 15.5 Å². The maximum atomic E-state index is 12.0. The molecular formula is C12H18BrN3O2S. The lowest BCUT2D eigenvalue weighted by atomic mass is 10.2. The van der Waals surface area contributed by atoms with Crippen LogP contribution in [0.2, 0.25) is 0 Å². The summed E-state index contributed by atoms with van der Waals surface area (Å²) in [6, 6.07) is 0. The van der Waals surface area contributed by atoms with Crippen molar-refractivity contribution < 1.29 is 4.74 Å². The van der Waals surface area contributed by atoms with Crippen molar-refractivity contribution in [3.63, 3.8) is 0 Å². The van der Waals surface area contributed by atoms with E-state index < -0.39 is 0 Å². The first-order valence-corrected chi connectivity index (χ1v) is 8.16. The van der Waals surface area contributed by atoms with E-state index >= 15 is 0 Å². The molecule has 2 rings (SSSR count). The molecule has 7 heteroatoms. The zero-order valence-corrected chi connectivity index (χ0v) is 13.3. The average molecular weight is 348 g/mol. The van der Waals surface area contributed by atoms with Crippen molar-refractivity contribution in [2.75, 3.05) is 31.3 Å². The molecule has 19 heavy (non-hydrogen) atoms. The molecule has 1 N–H and O–H groups in total. The Labute approximate surface area is 125 Å². The van der Waals surface area contributed by atoms with E-state index in [0.717, 1.165) is 12.2 Å². The second-order valence-corrected chi connectivity index (χ2v) is 6.61. The largest absolute Gasteiger partial charge is 0.383 e. The molecule has 0 aliphatic carbocycles. The quantitative estimate of drug-likeness (QED) is 0.852. The number of nitrogens with zero attached hydrogens (tertiary/aromatic N) is 2. The molecule has 0 aromatic carbocycles. The molecule has 5 nitrogen and oxygen atoms in total. The van der Waals surface area contributed by atoms with Crippen molar-refractivity contribution in [2.45, 2.75) is 24.6 Å². The lowest BCUT2D eigenvalue weighted by Crippen LogP contribution is -2.27. The maximum absolute atomic E-state index is 12.0. The van der Waals surface area contributed by atoms with E-state index in [0.29, 0.717) is 22.9 Å². The molecule has 1 aliphatic heterocycles. The summed E-state index contributed by atoms with van der Waals surface area (Å²) < 4.78 is 6.90. The van der Waals surface area contributed by atoms with Crippen molar-refractivity contribution in [2.24, 2.45) is 0 Å². The van der Waals surface area contributed by atoms with Crippen LogP contribution >= 0.6 is 27.7 Å². The van der Waals surface area contributed by atoms with E-state index in [9.17, 15) is 4.79 Å². The highest BCUT2D eigenvalue weighted by Crippen LogP contribution is 2.26. The van der Waals surface area contributed by atoms with Crippen LogP contribution in [0.1, 0.15) is 12.8 Å². The Kier molecular flexibility index (Phi) is 5.72. The SMILES string of the molecule is COCCn1ncc(NCC2CCCS2)c(Br)c1=O. The van der Waals surface area contributed by atoms with Gasteiger partial charge in [0.15, 0.2) is 0 Å². The summed E-state index contributed by atoms with van der Waals surface area (Å²) in [7, 11) is 1.61. The van der Waals surface area contributed by atoms with E-state index in [1.165, 1.54) is 23.3 Å². The van der Waals surface area contributed by atoms with Crippen molar-refractivity contribution in [1.82, 2.24) is 9.78 Å². The lowest BCUT2D eigenvalue weighted by molar-refractivity contribution is 0.181. The number of hydrogen-bond donors (Lipinski definition) is 1. The molecule has 0 bridgehead atoms. The van der Waals surface area contributed by atoms with Gasteiger partial charge in [0.1, 0.15) is 4.47 Å². The van der Waals surface area contributed by atoms with Gasteiger partial charge in [-0.1, -0.05) is 0 Å². The second kappa shape index (κ2) is 7.31. The molecule has 0 amide bonds. The Balaban J connectivity index is 2.01. The topological polar surface area (TPSA) is 56.1 Å². The van der Waals surface area contributed by atoms with Gasteiger partial charge >= 0.3 is 0 Å². The second-order valence-electron chi connectivity index (χ2n) is 4.41. The van der Waals surface area contributed by atoms with Crippen LogP contribution in [-0.2, 0) is 11.3 Å². The van der Waals surface area contributed by atoms with E-state index in [4.69, 9.17) is 4.74 Å². The summed E-state index contributed by atoms with van der Waals surface area (Å²) in [6.45, 7) is 1.82. The van der Waals surface area contributed by atoms with Crippen LogP contribution in [0, 0.1) is 0 Å². The van der Waals surface area contributed by atoms with Crippen molar-refractivity contribution in [1.29, 1.82) is 0 Å². The van der Waals surface area contributed by atoms with E-state index in [1.807, 2.05) is 11.8 Å². The van der Waals surface area contributed by atoms with Crippen LogP contribution in [0.4, 0.5) is 5.69 Å². The first-order chi connectivity index (χ1) is 9.22. The number of nitrogens with one attached hydrogen (secondary N) is 1. The number of ether oxygens (including phenoxy) is 1. The molecule has 106 valence electrons. The van der Waals surface area contributed by atoms with Gasteiger partial charge in [-0.15, -0.1) is 0 Å². The minimum absolute atomic E-state index is 0.124. The van der Waals surface area contributed by atoms with Crippen LogP contribution in [0.3, 0.4) is 0 Å². The monoisotopic (exact) mass is 347 g/mol. The standard InChI is InChI=1S/C12H18BrN3O2S/c1-18-5-4-16-12(17)11(13)10(8-15-16)14-7-9-3-2-6-19-9/h8-9,14H,2-7H2,1H3. The Morgan fingerprint density at radius 3 is 3.21 bits per heavy atom. The summed E-state index contributed by atoms with van der Waals surface area (Å²) in [5.74, 6) is 1.24. The third-order valence-corrected chi connectivity index (χ3v) is 5.20. The van der Waals surface area contributed by atoms with Gasteiger partial charge in [0.2, 0.25) is 0 Å². The van der Waals surface area contributed by atoms with Crippen LogP contribution in [0.25, 0.3) is 0 Å². The fourth-order valence-electron chi connectivity index (χ4n) is 1.95. The molecule has 1 aromatic heterocycles. The van der Waals surface area contributed by atoms with Crippen molar-refractivity contribution in [3.8, 4) is 0 Å². The summed E-state index contributed by atoms with van der Waals surface area (Å²) in [4.78, 5) is 12.0. The normalized spacial score (nSPS) is 18.7. The zero-order valence-electron chi connectivity index (χ0n) is 10.9. The first kappa shape index (κ1) is 14.9. The van der Waals surface area contributed by atoms with E-state index in [1.54, 1.807) is 13.3 Å². The molecule has 1 saturated heterocycles. The fraction of sp³-hybridized carbons (Fsp3) is 0.667. The van der Waals surface area contributed by atoms with Gasteiger partial charge in [-0.2, -0.15) is 16.9 Å². The number of halogens is 1. The molecule has 1 unspecified atom stereocenters. The lowest BCUT2D eigenvalue weighted by Gasteiger charge is -2.13. The number of anilines is 1. The predicted molar refractivity (Wildman–Crippen MR) is 82.0 cm³/mol. The molecule has 1 aliphatic rings. The number of aromatic nitrogens is 2. The van der Waals surface area contributed by atoms with Gasteiger partial charge in [0.25, 0.3) is 5.56 Å². The highest BCUT2D eigenvalue weighted by Gasteiger charge is 2.16. The fourth-order valence-corrected chi connectivity index (χ4v) is 3.60. The zero-order chi connectivity index (χ0) is 13.7. The van der Waals surface area contributed by atoms with Crippen LogP contribution in [0.5, 0.6) is 0 Å². The van der Waals surface area contributed by atoms with Crippen LogP contribution < -0.4 is 10.9 Å². The highest BCUT2D eigenvalue weighted by atomic mass is 79.9. The van der Waals surface area contributed by atoms with Gasteiger partial charge in [-0.05, 0) is 34.5 Å². The number of rotatable bonds is 6. The third-order valence-electron chi connectivity index (χ3n) is 3.04. The molecule has 0 spiro atoms. The third kappa shape index (κ3) is 3.97. The van der Waals surface area contributed by atoms with Gasteiger partial charge in [0.05, 0.1) is 25.0 Å². The van der Waals surface area contributed by atoms with Crippen molar-refractivity contribution in [3.05, 3.63) is 21.0 Å². The number of methoxy groups -OCH3 is 1. The average Bonchev–Trinajstić information content (AvgIpc) is 2.92. The molecule has 1 aromatic rings. The minimum Gasteiger partial charge on any atom is -0.383 e. The number of hydrogen-bond acceptors (Lipinski definition) is 5. The summed E-state index contributed by atoms with van der Waals surface area (Å²) in [5, 5.41) is 8.09. The Morgan fingerprint density at radius 1 is 1.68 bits per heavy atom. The number of thioether (sulfide) groups is 1. The Morgan fingerprint density at radius 2 is 2.53 bits per heavy atom. The molecule has 1 atom stereocenters. The van der Waals surface area contributed by atoms with Gasteiger partial charge < -0.3 is 10.1 Å².